The number of halogens is 3. The largest absolute Gasteiger partial charge is 0.375 e. The van der Waals surface area contributed by atoms with Gasteiger partial charge in [0.15, 0.2) is 10.0 Å². The Morgan fingerprint density at radius 3 is 2.43 bits per heavy atom. The number of ether oxygens (including phenoxy) is 1. The molecule has 5 heteroatoms. The van der Waals surface area contributed by atoms with Crippen LogP contribution in [-0.4, -0.2) is 35.8 Å². The molecular formula is C9H14Cl2FNO. The Labute approximate surface area is 93.1 Å². The smallest absolute Gasteiger partial charge is 0.169 e. The van der Waals surface area contributed by atoms with E-state index in [9.17, 15) is 4.39 Å². The predicted octanol–water partition coefficient (Wildman–Crippen LogP) is 2.04. The number of nitrogens with one attached hydrogen (secondary N) is 1. The molecule has 2 fully saturated rings. The molecule has 1 saturated carbocycles. The minimum atomic E-state index is -1.51. The molecule has 0 aromatic carbocycles. The van der Waals surface area contributed by atoms with Crippen LogP contribution in [0.4, 0.5) is 4.39 Å². The normalized spacial score (nSPS) is 37.1. The summed E-state index contributed by atoms with van der Waals surface area (Å²) in [5.74, 6) is 0. The van der Waals surface area contributed by atoms with Gasteiger partial charge in [-0.05, 0) is 25.9 Å². The Kier molecular flexibility index (Phi) is 2.95. The van der Waals surface area contributed by atoms with Gasteiger partial charge in [0.05, 0.1) is 12.7 Å². The lowest BCUT2D eigenvalue weighted by molar-refractivity contribution is -0.00485. The first-order valence-corrected chi connectivity index (χ1v) is 5.68. The van der Waals surface area contributed by atoms with E-state index in [1.165, 1.54) is 0 Å². The summed E-state index contributed by atoms with van der Waals surface area (Å²) in [6, 6.07) is 0. The molecule has 2 nitrogen and oxygen atoms in total. The van der Waals surface area contributed by atoms with Crippen LogP contribution in [0.25, 0.3) is 0 Å². The molecule has 0 aromatic heterocycles. The molecule has 2 rings (SSSR count). The van der Waals surface area contributed by atoms with Crippen LogP contribution < -0.4 is 5.32 Å². The average Bonchev–Trinajstić information content (AvgIpc) is 2.65. The van der Waals surface area contributed by atoms with Crippen molar-refractivity contribution in [1.29, 1.82) is 0 Å². The molecular weight excluding hydrogens is 228 g/mol. The second-order valence-electron chi connectivity index (χ2n) is 4.11. The molecule has 14 heavy (non-hydrogen) atoms. The molecule has 1 unspecified atom stereocenters. The molecule has 2 aliphatic rings. The number of hydrogen-bond donors (Lipinski definition) is 1. The molecule has 0 bridgehead atoms. The zero-order valence-electron chi connectivity index (χ0n) is 7.86. The van der Waals surface area contributed by atoms with Crippen LogP contribution in [0, 0.1) is 0 Å². The van der Waals surface area contributed by atoms with Gasteiger partial charge in [-0.25, -0.2) is 4.39 Å². The fraction of sp³-hybridized carbons (Fsp3) is 1.00. The lowest BCUT2D eigenvalue weighted by Gasteiger charge is -2.24. The Morgan fingerprint density at radius 1 is 1.36 bits per heavy atom. The van der Waals surface area contributed by atoms with Gasteiger partial charge in [-0.1, -0.05) is 23.2 Å². The van der Waals surface area contributed by atoms with Gasteiger partial charge in [0.2, 0.25) is 0 Å². The van der Waals surface area contributed by atoms with Gasteiger partial charge in [0, 0.05) is 6.42 Å². The maximum Gasteiger partial charge on any atom is 0.169 e. The van der Waals surface area contributed by atoms with Crippen molar-refractivity contribution in [3.05, 3.63) is 0 Å². The maximum atomic E-state index is 13.6. The van der Waals surface area contributed by atoms with Crippen molar-refractivity contribution < 1.29 is 9.13 Å². The molecule has 1 saturated heterocycles. The number of hydrogen-bond acceptors (Lipinski definition) is 2. The van der Waals surface area contributed by atoms with Crippen LogP contribution in [0.2, 0.25) is 0 Å². The van der Waals surface area contributed by atoms with Gasteiger partial charge in [-0.2, -0.15) is 0 Å². The van der Waals surface area contributed by atoms with E-state index in [1.54, 1.807) is 0 Å². The minimum absolute atomic E-state index is 0.0324. The summed E-state index contributed by atoms with van der Waals surface area (Å²) in [5, 5.41) is 3.22. The molecule has 0 amide bonds. The lowest BCUT2D eigenvalue weighted by atomic mass is 10.1. The van der Waals surface area contributed by atoms with Gasteiger partial charge >= 0.3 is 0 Å². The van der Waals surface area contributed by atoms with Gasteiger partial charge in [-0.15, -0.1) is 0 Å². The zero-order chi connectivity index (χ0) is 10.2. The van der Waals surface area contributed by atoms with Crippen molar-refractivity contribution >= 4 is 23.2 Å². The van der Waals surface area contributed by atoms with E-state index < -0.39 is 10.0 Å². The molecule has 0 radical (unpaired) electrons. The van der Waals surface area contributed by atoms with E-state index in [0.29, 0.717) is 0 Å². The summed E-state index contributed by atoms with van der Waals surface area (Å²) < 4.78 is 17.9. The van der Waals surface area contributed by atoms with Gasteiger partial charge in [0.25, 0.3) is 0 Å². The van der Waals surface area contributed by atoms with Gasteiger partial charge < -0.3 is 10.1 Å². The Hall–Kier alpha value is 0.430. The van der Waals surface area contributed by atoms with Gasteiger partial charge in [-0.3, -0.25) is 0 Å². The molecule has 1 N–H and O–H groups in total. The van der Waals surface area contributed by atoms with E-state index in [2.05, 4.69) is 5.32 Å². The Bertz CT molecular complexity index is 221. The van der Waals surface area contributed by atoms with Crippen molar-refractivity contribution in [2.75, 3.05) is 19.7 Å². The summed E-state index contributed by atoms with van der Waals surface area (Å²) >= 11 is 11.3. The van der Waals surface area contributed by atoms with E-state index in [0.717, 1.165) is 25.9 Å². The summed E-state index contributed by atoms with van der Waals surface area (Å²) in [4.78, 5) is 0. The fourth-order valence-corrected chi connectivity index (χ4v) is 2.21. The standard InChI is InChI=1S/C9H14Cl2FNO/c10-9(11)5-8(9,12)6-14-7-1-3-13-4-2-7/h7,13H,1-6H2. The number of piperidine rings is 1. The van der Waals surface area contributed by atoms with Crippen molar-refractivity contribution in [1.82, 2.24) is 5.32 Å². The third-order valence-electron chi connectivity index (χ3n) is 2.87. The first kappa shape index (κ1) is 10.9. The first-order valence-electron chi connectivity index (χ1n) is 4.93. The van der Waals surface area contributed by atoms with Crippen LogP contribution >= 0.6 is 23.2 Å². The number of rotatable bonds is 3. The summed E-state index contributed by atoms with van der Waals surface area (Å²) in [6.07, 6.45) is 2.23. The van der Waals surface area contributed by atoms with Crippen LogP contribution in [0.15, 0.2) is 0 Å². The van der Waals surface area contributed by atoms with Crippen molar-refractivity contribution in [2.45, 2.75) is 35.4 Å². The van der Waals surface area contributed by atoms with Crippen molar-refractivity contribution in [2.24, 2.45) is 0 Å². The zero-order valence-corrected chi connectivity index (χ0v) is 9.37. The highest BCUT2D eigenvalue weighted by Gasteiger charge is 2.68. The quantitative estimate of drug-likeness (QED) is 0.764. The minimum Gasteiger partial charge on any atom is -0.375 e. The third kappa shape index (κ3) is 2.16. The first-order chi connectivity index (χ1) is 6.54. The van der Waals surface area contributed by atoms with Crippen LogP contribution in [0.1, 0.15) is 19.3 Å². The molecule has 0 spiro atoms. The van der Waals surface area contributed by atoms with E-state index in [4.69, 9.17) is 27.9 Å². The third-order valence-corrected chi connectivity index (χ3v) is 3.81. The highest BCUT2D eigenvalue weighted by molar-refractivity contribution is 6.52. The second kappa shape index (κ2) is 3.78. The molecule has 82 valence electrons. The Balaban J connectivity index is 1.72. The molecule has 0 aromatic rings. The van der Waals surface area contributed by atoms with E-state index >= 15 is 0 Å². The molecule has 1 aliphatic heterocycles. The maximum absolute atomic E-state index is 13.6. The SMILES string of the molecule is FC1(COC2CCNCC2)CC1(Cl)Cl. The summed E-state index contributed by atoms with van der Waals surface area (Å²) in [7, 11) is 0. The topological polar surface area (TPSA) is 21.3 Å². The molecule has 1 atom stereocenters. The van der Waals surface area contributed by atoms with Crippen molar-refractivity contribution in [3.63, 3.8) is 0 Å². The fourth-order valence-electron chi connectivity index (χ4n) is 1.68. The highest BCUT2D eigenvalue weighted by atomic mass is 35.5. The predicted molar refractivity (Wildman–Crippen MR) is 54.7 cm³/mol. The summed E-state index contributed by atoms with van der Waals surface area (Å²) in [5.41, 5.74) is -1.51. The van der Waals surface area contributed by atoms with E-state index in [-0.39, 0.29) is 19.1 Å². The van der Waals surface area contributed by atoms with Crippen LogP contribution in [-0.2, 0) is 4.74 Å². The average molecular weight is 242 g/mol. The second-order valence-corrected chi connectivity index (χ2v) is 5.59. The monoisotopic (exact) mass is 241 g/mol. The highest BCUT2D eigenvalue weighted by Crippen LogP contribution is 2.59. The number of alkyl halides is 3. The molecule has 1 heterocycles. The van der Waals surface area contributed by atoms with Crippen LogP contribution in [0.5, 0.6) is 0 Å². The van der Waals surface area contributed by atoms with E-state index in [1.807, 2.05) is 0 Å². The summed E-state index contributed by atoms with van der Waals surface area (Å²) in [6.45, 7) is 1.92. The Morgan fingerprint density at radius 2 is 1.93 bits per heavy atom. The van der Waals surface area contributed by atoms with Crippen LogP contribution in [0.3, 0.4) is 0 Å². The molecule has 1 aliphatic carbocycles. The lowest BCUT2D eigenvalue weighted by Crippen LogP contribution is -2.34. The van der Waals surface area contributed by atoms with Gasteiger partial charge in [0.1, 0.15) is 0 Å². The van der Waals surface area contributed by atoms with Crippen molar-refractivity contribution in [3.8, 4) is 0 Å².